The van der Waals surface area contributed by atoms with Crippen LogP contribution in [0.5, 0.6) is 11.6 Å². The van der Waals surface area contributed by atoms with Gasteiger partial charge in [-0.05, 0) is 12.1 Å². The van der Waals surface area contributed by atoms with E-state index in [2.05, 4.69) is 9.97 Å². The molecule has 0 aliphatic heterocycles. The van der Waals surface area contributed by atoms with Gasteiger partial charge >= 0.3 is 0 Å². The van der Waals surface area contributed by atoms with Gasteiger partial charge in [0.15, 0.2) is 0 Å². The van der Waals surface area contributed by atoms with Gasteiger partial charge in [-0.3, -0.25) is 4.40 Å². The Kier molecular flexibility index (Phi) is 2.79. The number of hydrogen-bond donors (Lipinski definition) is 0. The van der Waals surface area contributed by atoms with Crippen LogP contribution in [0.2, 0.25) is 0 Å². The number of nitrogens with zero attached hydrogens (tertiary/aromatic N) is 3. The Labute approximate surface area is 110 Å². The minimum Gasteiger partial charge on any atom is -0.497 e. The van der Waals surface area contributed by atoms with Crippen LogP contribution in [-0.2, 0) is 0 Å². The molecule has 2 heterocycles. The highest BCUT2D eigenvalue weighted by Gasteiger charge is 2.10. The van der Waals surface area contributed by atoms with Crippen molar-refractivity contribution < 1.29 is 9.47 Å². The van der Waals surface area contributed by atoms with E-state index in [9.17, 15) is 0 Å². The molecule has 0 saturated carbocycles. The molecule has 0 aliphatic rings. The number of imidazole rings is 1. The van der Waals surface area contributed by atoms with Crippen LogP contribution >= 0.6 is 0 Å². The summed E-state index contributed by atoms with van der Waals surface area (Å²) in [7, 11) is 3.24. The maximum Gasteiger partial charge on any atom is 0.258 e. The largest absolute Gasteiger partial charge is 0.497 e. The van der Waals surface area contributed by atoms with Gasteiger partial charge in [-0.2, -0.15) is 0 Å². The zero-order valence-electron chi connectivity index (χ0n) is 10.7. The predicted octanol–water partition coefficient (Wildman–Crippen LogP) is 2.41. The fraction of sp³-hybridized carbons (Fsp3) is 0.143. The summed E-state index contributed by atoms with van der Waals surface area (Å²) >= 11 is 0. The van der Waals surface area contributed by atoms with Gasteiger partial charge in [-0.15, -0.1) is 0 Å². The van der Waals surface area contributed by atoms with E-state index in [1.54, 1.807) is 26.6 Å². The van der Waals surface area contributed by atoms with Crippen molar-refractivity contribution in [1.82, 2.24) is 14.4 Å². The van der Waals surface area contributed by atoms with E-state index >= 15 is 0 Å². The molecule has 0 N–H and O–H groups in total. The van der Waals surface area contributed by atoms with Crippen molar-refractivity contribution in [3.63, 3.8) is 0 Å². The number of benzene rings is 1. The lowest BCUT2D eigenvalue weighted by Crippen LogP contribution is -1.94. The van der Waals surface area contributed by atoms with Crippen LogP contribution in [0.15, 0.2) is 42.9 Å². The number of hydrogen-bond acceptors (Lipinski definition) is 4. The minimum absolute atomic E-state index is 0.511. The quantitative estimate of drug-likeness (QED) is 0.721. The zero-order valence-corrected chi connectivity index (χ0v) is 10.7. The fourth-order valence-electron chi connectivity index (χ4n) is 2.04. The van der Waals surface area contributed by atoms with E-state index in [4.69, 9.17) is 9.47 Å². The van der Waals surface area contributed by atoms with E-state index < -0.39 is 0 Å². The highest BCUT2D eigenvalue weighted by Crippen LogP contribution is 2.26. The summed E-state index contributed by atoms with van der Waals surface area (Å²) in [6.45, 7) is 0. The first-order valence-corrected chi connectivity index (χ1v) is 5.84. The third-order valence-electron chi connectivity index (χ3n) is 2.95. The number of aromatic nitrogens is 3. The summed E-state index contributed by atoms with van der Waals surface area (Å²) in [5.41, 5.74) is 2.69. The van der Waals surface area contributed by atoms with Gasteiger partial charge in [0.2, 0.25) is 5.65 Å². The molecule has 19 heavy (non-hydrogen) atoms. The second kappa shape index (κ2) is 4.61. The molecule has 0 spiro atoms. The number of ether oxygens (including phenoxy) is 2. The van der Waals surface area contributed by atoms with Crippen molar-refractivity contribution in [3.05, 3.63) is 42.9 Å². The zero-order chi connectivity index (χ0) is 13.2. The molecule has 1 aromatic carbocycles. The van der Waals surface area contributed by atoms with E-state index in [1.165, 1.54) is 0 Å². The first-order chi connectivity index (χ1) is 9.33. The topological polar surface area (TPSA) is 48.7 Å². The molecule has 0 radical (unpaired) electrons. The van der Waals surface area contributed by atoms with Gasteiger partial charge < -0.3 is 9.47 Å². The van der Waals surface area contributed by atoms with Crippen LogP contribution in [0.25, 0.3) is 16.9 Å². The van der Waals surface area contributed by atoms with Crippen LogP contribution in [0.3, 0.4) is 0 Å². The summed E-state index contributed by atoms with van der Waals surface area (Å²) in [6.07, 6.45) is 5.35. The maximum atomic E-state index is 5.24. The first-order valence-electron chi connectivity index (χ1n) is 5.84. The highest BCUT2D eigenvalue weighted by molar-refractivity contribution is 5.66. The number of methoxy groups -OCH3 is 2. The lowest BCUT2D eigenvalue weighted by molar-refractivity contribution is 0.400. The van der Waals surface area contributed by atoms with E-state index in [1.807, 2.05) is 34.9 Å². The standard InChI is InChI=1S/C14H13N3O2/c1-18-11-5-3-4-10(8-11)12-9-16-13-14(19-2)15-6-7-17(12)13/h3-9H,1-2H3. The fourth-order valence-corrected chi connectivity index (χ4v) is 2.04. The van der Waals surface area contributed by atoms with Gasteiger partial charge in [0.05, 0.1) is 26.1 Å². The van der Waals surface area contributed by atoms with E-state index in [0.29, 0.717) is 11.5 Å². The molecule has 3 aromatic rings. The molecule has 0 aliphatic carbocycles. The van der Waals surface area contributed by atoms with Crippen LogP contribution in [0.4, 0.5) is 0 Å². The Morgan fingerprint density at radius 1 is 1.11 bits per heavy atom. The van der Waals surface area contributed by atoms with Crippen molar-refractivity contribution >= 4 is 5.65 Å². The van der Waals surface area contributed by atoms with Crippen LogP contribution in [-0.4, -0.2) is 28.6 Å². The Hall–Kier alpha value is -2.56. The molecule has 5 heteroatoms. The third-order valence-corrected chi connectivity index (χ3v) is 2.95. The molecule has 2 aromatic heterocycles. The van der Waals surface area contributed by atoms with Gasteiger partial charge in [0.25, 0.3) is 5.88 Å². The molecular formula is C14H13N3O2. The van der Waals surface area contributed by atoms with Crippen molar-refractivity contribution in [2.45, 2.75) is 0 Å². The number of fused-ring (bicyclic) bond motifs is 1. The average Bonchev–Trinajstić information content (AvgIpc) is 2.91. The Bertz CT molecular complexity index is 722. The minimum atomic E-state index is 0.511. The third kappa shape index (κ3) is 1.89. The molecule has 5 nitrogen and oxygen atoms in total. The molecule has 0 bridgehead atoms. The Morgan fingerprint density at radius 3 is 2.79 bits per heavy atom. The van der Waals surface area contributed by atoms with Gasteiger partial charge in [-0.25, -0.2) is 9.97 Å². The van der Waals surface area contributed by atoms with Gasteiger partial charge in [-0.1, -0.05) is 12.1 Å². The van der Waals surface area contributed by atoms with Crippen molar-refractivity contribution in [2.24, 2.45) is 0 Å². The second-order valence-corrected chi connectivity index (χ2v) is 4.01. The molecule has 96 valence electrons. The summed E-state index contributed by atoms with van der Waals surface area (Å²) < 4.78 is 12.4. The molecule has 0 amide bonds. The van der Waals surface area contributed by atoms with Crippen molar-refractivity contribution in [1.29, 1.82) is 0 Å². The maximum absolute atomic E-state index is 5.24. The smallest absolute Gasteiger partial charge is 0.258 e. The molecule has 0 saturated heterocycles. The Balaban J connectivity index is 2.20. The summed E-state index contributed by atoms with van der Waals surface area (Å²) in [6, 6.07) is 7.84. The predicted molar refractivity (Wildman–Crippen MR) is 71.5 cm³/mol. The van der Waals surface area contributed by atoms with Gasteiger partial charge in [0, 0.05) is 18.0 Å². The lowest BCUT2D eigenvalue weighted by Gasteiger charge is -2.05. The van der Waals surface area contributed by atoms with E-state index in [-0.39, 0.29) is 0 Å². The highest BCUT2D eigenvalue weighted by atomic mass is 16.5. The summed E-state index contributed by atoms with van der Waals surface area (Å²) in [5.74, 6) is 1.32. The monoisotopic (exact) mass is 255 g/mol. The molecule has 0 unspecified atom stereocenters. The SMILES string of the molecule is COc1cccc(-c2cnc3c(OC)nccn23)c1. The van der Waals surface area contributed by atoms with Crippen LogP contribution in [0.1, 0.15) is 0 Å². The molecule has 0 fully saturated rings. The van der Waals surface area contributed by atoms with E-state index in [0.717, 1.165) is 17.0 Å². The average molecular weight is 255 g/mol. The number of rotatable bonds is 3. The van der Waals surface area contributed by atoms with Crippen LogP contribution < -0.4 is 9.47 Å². The second-order valence-electron chi connectivity index (χ2n) is 4.01. The summed E-state index contributed by atoms with van der Waals surface area (Å²) in [5, 5.41) is 0. The lowest BCUT2D eigenvalue weighted by atomic mass is 10.1. The molecule has 3 rings (SSSR count). The van der Waals surface area contributed by atoms with Crippen molar-refractivity contribution in [2.75, 3.05) is 14.2 Å². The Morgan fingerprint density at radius 2 is 2.00 bits per heavy atom. The van der Waals surface area contributed by atoms with Crippen molar-refractivity contribution in [3.8, 4) is 22.9 Å². The molecular weight excluding hydrogens is 242 g/mol. The first kappa shape index (κ1) is 11.5. The summed E-state index contributed by atoms with van der Waals surface area (Å²) in [4.78, 5) is 8.49. The van der Waals surface area contributed by atoms with Crippen LogP contribution in [0, 0.1) is 0 Å². The van der Waals surface area contributed by atoms with Gasteiger partial charge in [0.1, 0.15) is 5.75 Å². The molecule has 0 atom stereocenters. The normalized spacial score (nSPS) is 10.6.